The first-order valence-corrected chi connectivity index (χ1v) is 9.38. The zero-order valence-electron chi connectivity index (χ0n) is 16.5. The van der Waals surface area contributed by atoms with Crippen molar-refractivity contribution in [2.45, 2.75) is 32.7 Å². The maximum absolute atomic E-state index is 12.5. The van der Waals surface area contributed by atoms with Gasteiger partial charge in [-0.2, -0.15) is 0 Å². The Morgan fingerprint density at radius 2 is 2.00 bits per heavy atom. The lowest BCUT2D eigenvalue weighted by Crippen LogP contribution is -2.58. The fourth-order valence-electron chi connectivity index (χ4n) is 2.73. The van der Waals surface area contributed by atoms with Crippen LogP contribution >= 0.6 is 0 Å². The van der Waals surface area contributed by atoms with Gasteiger partial charge in [-0.05, 0) is 24.5 Å². The van der Waals surface area contributed by atoms with Crippen molar-refractivity contribution >= 4 is 23.5 Å². The molecular weight excluding hydrogens is 382 g/mol. The van der Waals surface area contributed by atoms with Gasteiger partial charge in [0.15, 0.2) is 6.61 Å². The van der Waals surface area contributed by atoms with Gasteiger partial charge in [0, 0.05) is 25.2 Å². The average Bonchev–Trinajstić information content (AvgIpc) is 2.67. The Kier molecular flexibility index (Phi) is 7.93. The molecule has 1 heterocycles. The smallest absolute Gasteiger partial charge is 0.308 e. The number of amides is 2. The Balaban J connectivity index is 1.92. The molecule has 2 rings (SSSR count). The summed E-state index contributed by atoms with van der Waals surface area (Å²) < 4.78 is 10.5. The van der Waals surface area contributed by atoms with Crippen LogP contribution in [0.4, 0.5) is 5.69 Å². The molecule has 1 unspecified atom stereocenters. The van der Waals surface area contributed by atoms with Gasteiger partial charge in [0.2, 0.25) is 5.91 Å². The largest absolute Gasteiger partial charge is 0.484 e. The number of esters is 1. The van der Waals surface area contributed by atoms with Gasteiger partial charge in [0.05, 0.1) is 18.0 Å². The summed E-state index contributed by atoms with van der Waals surface area (Å²) >= 11 is 0. The van der Waals surface area contributed by atoms with Crippen LogP contribution in [-0.2, 0) is 19.1 Å². The molecule has 10 nitrogen and oxygen atoms in total. The molecule has 0 saturated carbocycles. The Morgan fingerprint density at radius 3 is 2.62 bits per heavy atom. The van der Waals surface area contributed by atoms with Crippen molar-refractivity contribution in [1.29, 1.82) is 0 Å². The van der Waals surface area contributed by atoms with Crippen molar-refractivity contribution in [3.63, 3.8) is 0 Å². The van der Waals surface area contributed by atoms with Gasteiger partial charge in [-0.3, -0.25) is 24.5 Å². The highest BCUT2D eigenvalue weighted by molar-refractivity contribution is 5.92. The molecule has 1 N–H and O–H groups in total. The van der Waals surface area contributed by atoms with Gasteiger partial charge < -0.3 is 19.7 Å². The third kappa shape index (κ3) is 6.74. The normalized spacial score (nSPS) is 16.3. The van der Waals surface area contributed by atoms with Crippen molar-refractivity contribution in [3.8, 4) is 5.75 Å². The molecule has 2 amide bonds. The number of ether oxygens (including phenoxy) is 2. The first-order valence-electron chi connectivity index (χ1n) is 9.38. The molecule has 0 spiro atoms. The molecular formula is C19H25N3O7. The van der Waals surface area contributed by atoms with E-state index in [9.17, 15) is 24.5 Å². The molecule has 0 aromatic heterocycles. The molecule has 1 aromatic carbocycles. The van der Waals surface area contributed by atoms with Gasteiger partial charge in [-0.15, -0.1) is 0 Å². The number of carbonyl (C=O) groups excluding carboxylic acids is 3. The minimum Gasteiger partial charge on any atom is -0.484 e. The Hall–Kier alpha value is -3.17. The number of nitro groups is 1. The predicted octanol–water partition coefficient (Wildman–Crippen LogP) is 1.28. The number of hydrogen-bond donors (Lipinski definition) is 1. The fourth-order valence-corrected chi connectivity index (χ4v) is 2.73. The van der Waals surface area contributed by atoms with E-state index in [-0.39, 0.29) is 44.2 Å². The summed E-state index contributed by atoms with van der Waals surface area (Å²) in [5.41, 5.74) is -0.0904. The number of benzene rings is 1. The number of non-ortho nitro benzene ring substituents is 1. The third-order valence-corrected chi connectivity index (χ3v) is 4.38. The van der Waals surface area contributed by atoms with Gasteiger partial charge >= 0.3 is 5.97 Å². The highest BCUT2D eigenvalue weighted by Gasteiger charge is 2.35. The number of rotatable bonds is 9. The molecule has 1 saturated heterocycles. The Bertz CT molecular complexity index is 749. The number of carbonyl (C=O) groups is 3. The number of hydrogen-bond acceptors (Lipinski definition) is 7. The molecule has 29 heavy (non-hydrogen) atoms. The second-order valence-corrected chi connectivity index (χ2v) is 7.04. The zero-order valence-corrected chi connectivity index (χ0v) is 16.5. The minimum absolute atomic E-state index is 0.0904. The summed E-state index contributed by atoms with van der Waals surface area (Å²) in [5.74, 6) is -0.744. The summed E-state index contributed by atoms with van der Waals surface area (Å²) in [5, 5.41) is 13.3. The maximum Gasteiger partial charge on any atom is 0.308 e. The van der Waals surface area contributed by atoms with Crippen molar-refractivity contribution in [2.75, 3.05) is 26.3 Å². The van der Waals surface area contributed by atoms with Crippen molar-refractivity contribution < 1.29 is 28.8 Å². The van der Waals surface area contributed by atoms with Gasteiger partial charge in [0.1, 0.15) is 11.8 Å². The Morgan fingerprint density at radius 1 is 1.31 bits per heavy atom. The lowest BCUT2D eigenvalue weighted by molar-refractivity contribution is -0.384. The van der Waals surface area contributed by atoms with Crippen molar-refractivity contribution in [1.82, 2.24) is 10.2 Å². The second kappa shape index (κ2) is 10.4. The molecule has 158 valence electrons. The van der Waals surface area contributed by atoms with Crippen LogP contribution in [0.2, 0.25) is 0 Å². The van der Waals surface area contributed by atoms with Crippen LogP contribution in [0.15, 0.2) is 24.3 Å². The van der Waals surface area contributed by atoms with Crippen LogP contribution in [0.25, 0.3) is 0 Å². The number of nitrogens with one attached hydrogen (secondary N) is 1. The first kappa shape index (κ1) is 22.1. The van der Waals surface area contributed by atoms with E-state index in [1.807, 2.05) is 13.8 Å². The number of nitro benzene ring substituents is 1. The van der Waals surface area contributed by atoms with Crippen LogP contribution in [0, 0.1) is 16.0 Å². The van der Waals surface area contributed by atoms with E-state index in [0.29, 0.717) is 12.3 Å². The third-order valence-electron chi connectivity index (χ3n) is 4.38. The van der Waals surface area contributed by atoms with E-state index in [1.54, 1.807) is 0 Å². The molecule has 1 aliphatic rings. The van der Waals surface area contributed by atoms with E-state index < -0.39 is 28.7 Å². The van der Waals surface area contributed by atoms with Gasteiger partial charge in [-0.25, -0.2) is 0 Å². The predicted molar refractivity (Wildman–Crippen MR) is 102 cm³/mol. The van der Waals surface area contributed by atoms with Gasteiger partial charge in [-0.1, -0.05) is 13.8 Å². The van der Waals surface area contributed by atoms with E-state index in [0.717, 1.165) is 0 Å². The highest BCUT2D eigenvalue weighted by atomic mass is 16.6. The van der Waals surface area contributed by atoms with Gasteiger partial charge in [0.25, 0.3) is 11.6 Å². The molecule has 1 aromatic rings. The monoisotopic (exact) mass is 407 g/mol. The summed E-state index contributed by atoms with van der Waals surface area (Å²) in [6, 6.07) is 4.35. The molecule has 0 bridgehead atoms. The highest BCUT2D eigenvalue weighted by Crippen LogP contribution is 2.18. The fraction of sp³-hybridized carbons (Fsp3) is 0.526. The Labute approximate surface area is 168 Å². The minimum atomic E-state index is -0.955. The van der Waals surface area contributed by atoms with Crippen LogP contribution in [0.5, 0.6) is 5.75 Å². The molecule has 0 radical (unpaired) electrons. The summed E-state index contributed by atoms with van der Waals surface area (Å²) in [4.78, 5) is 48.2. The topological polar surface area (TPSA) is 128 Å². The van der Waals surface area contributed by atoms with Crippen LogP contribution < -0.4 is 10.1 Å². The summed E-state index contributed by atoms with van der Waals surface area (Å²) in [6.07, 6.45) is 0.488. The summed E-state index contributed by atoms with van der Waals surface area (Å²) in [6.45, 7) is 4.45. The molecule has 1 fully saturated rings. The zero-order chi connectivity index (χ0) is 21.4. The van der Waals surface area contributed by atoms with Crippen LogP contribution in [-0.4, -0.2) is 60.0 Å². The van der Waals surface area contributed by atoms with E-state index in [4.69, 9.17) is 9.47 Å². The SMILES string of the molecule is CC(C)CCOC(=O)CC1C(=O)NCCN1C(=O)COc1ccc([N+](=O)[O-])cc1. The number of nitrogens with zero attached hydrogens (tertiary/aromatic N) is 2. The van der Waals surface area contributed by atoms with Crippen molar-refractivity contribution in [2.24, 2.45) is 5.92 Å². The van der Waals surface area contributed by atoms with E-state index in [1.165, 1.54) is 29.2 Å². The quantitative estimate of drug-likeness (QED) is 0.371. The average molecular weight is 407 g/mol. The lowest BCUT2D eigenvalue weighted by Gasteiger charge is -2.34. The van der Waals surface area contributed by atoms with E-state index >= 15 is 0 Å². The molecule has 10 heteroatoms. The standard InChI is InChI=1S/C19H25N3O7/c1-13(2)7-10-28-18(24)11-16-19(25)20-8-9-21(16)17(23)12-29-15-5-3-14(4-6-15)22(26)27/h3-6,13,16H,7-12H2,1-2H3,(H,20,25). The molecule has 0 aliphatic carbocycles. The summed E-state index contributed by atoms with van der Waals surface area (Å²) in [7, 11) is 0. The number of piperazine rings is 1. The maximum atomic E-state index is 12.5. The van der Waals surface area contributed by atoms with Crippen LogP contribution in [0.1, 0.15) is 26.7 Å². The van der Waals surface area contributed by atoms with E-state index in [2.05, 4.69) is 5.32 Å². The molecule has 1 atom stereocenters. The van der Waals surface area contributed by atoms with Crippen LogP contribution in [0.3, 0.4) is 0 Å². The molecule has 1 aliphatic heterocycles. The second-order valence-electron chi connectivity index (χ2n) is 7.04. The van der Waals surface area contributed by atoms with Crippen molar-refractivity contribution in [3.05, 3.63) is 34.4 Å². The first-order chi connectivity index (χ1) is 13.8. The lowest BCUT2D eigenvalue weighted by atomic mass is 10.1.